The number of aromatic nitrogens is 2. The number of ether oxygens (including phenoxy) is 2. The zero-order chi connectivity index (χ0) is 14.4. The molecule has 1 aromatic heterocycles. The third-order valence-corrected chi connectivity index (χ3v) is 4.65. The summed E-state index contributed by atoms with van der Waals surface area (Å²) in [5, 5.41) is 0. The lowest BCUT2D eigenvalue weighted by molar-refractivity contribution is 0.156. The van der Waals surface area contributed by atoms with Gasteiger partial charge in [-0.05, 0) is 29.7 Å². The van der Waals surface area contributed by atoms with Gasteiger partial charge in [-0.15, -0.1) is 0 Å². The first kappa shape index (κ1) is 12.7. The molecule has 110 valence electrons. The van der Waals surface area contributed by atoms with Gasteiger partial charge in [0.15, 0.2) is 11.5 Å². The number of benzene rings is 1. The van der Waals surface area contributed by atoms with Gasteiger partial charge in [0.1, 0.15) is 0 Å². The van der Waals surface area contributed by atoms with E-state index in [2.05, 4.69) is 27.0 Å². The van der Waals surface area contributed by atoms with Crippen LogP contribution in [-0.2, 0) is 19.4 Å². The molecule has 0 saturated carbocycles. The Morgan fingerprint density at radius 3 is 2.71 bits per heavy atom. The van der Waals surface area contributed by atoms with Crippen molar-refractivity contribution in [3.63, 3.8) is 0 Å². The topological polar surface area (TPSA) is 50.4 Å². The number of hydrogen-bond acceptors (Lipinski definition) is 4. The first-order valence-corrected chi connectivity index (χ1v) is 7.30. The molecule has 1 N–H and O–H groups in total. The van der Waals surface area contributed by atoms with Crippen LogP contribution in [0.1, 0.15) is 28.6 Å². The van der Waals surface area contributed by atoms with Crippen molar-refractivity contribution in [3.05, 3.63) is 41.0 Å². The highest BCUT2D eigenvalue weighted by molar-refractivity contribution is 5.49. The number of hydrogen-bond donors (Lipinski definition) is 1. The minimum Gasteiger partial charge on any atom is -0.493 e. The van der Waals surface area contributed by atoms with Crippen molar-refractivity contribution in [1.29, 1.82) is 0 Å². The summed E-state index contributed by atoms with van der Waals surface area (Å²) in [6, 6.07) is 4.61. The molecule has 0 saturated heterocycles. The van der Waals surface area contributed by atoms with E-state index in [9.17, 15) is 0 Å². The highest BCUT2D eigenvalue weighted by atomic mass is 16.5. The van der Waals surface area contributed by atoms with E-state index in [4.69, 9.17) is 9.47 Å². The molecule has 0 spiro atoms. The summed E-state index contributed by atoms with van der Waals surface area (Å²) in [5.41, 5.74) is 5.18. The lowest BCUT2D eigenvalue weighted by atomic mass is 9.88. The zero-order valence-corrected chi connectivity index (χ0v) is 12.3. The van der Waals surface area contributed by atoms with Crippen LogP contribution in [0.4, 0.5) is 0 Å². The van der Waals surface area contributed by atoms with Crippen molar-refractivity contribution >= 4 is 0 Å². The monoisotopic (exact) mass is 285 g/mol. The molecule has 2 aliphatic heterocycles. The van der Waals surface area contributed by atoms with Gasteiger partial charge in [-0.2, -0.15) is 0 Å². The molecule has 3 heterocycles. The van der Waals surface area contributed by atoms with Crippen LogP contribution in [0.5, 0.6) is 11.5 Å². The fourth-order valence-corrected chi connectivity index (χ4v) is 3.55. The van der Waals surface area contributed by atoms with Crippen LogP contribution in [0.15, 0.2) is 18.5 Å². The summed E-state index contributed by atoms with van der Waals surface area (Å²) in [6.07, 6.45) is 3.85. The van der Waals surface area contributed by atoms with Gasteiger partial charge in [0, 0.05) is 25.2 Å². The molecule has 21 heavy (non-hydrogen) atoms. The second kappa shape index (κ2) is 4.77. The van der Waals surface area contributed by atoms with Gasteiger partial charge in [-0.3, -0.25) is 4.90 Å². The van der Waals surface area contributed by atoms with E-state index in [1.165, 1.54) is 22.5 Å². The second-order valence-corrected chi connectivity index (χ2v) is 5.68. The molecule has 1 aromatic carbocycles. The van der Waals surface area contributed by atoms with Crippen LogP contribution >= 0.6 is 0 Å². The van der Waals surface area contributed by atoms with Gasteiger partial charge >= 0.3 is 0 Å². The quantitative estimate of drug-likeness (QED) is 0.918. The van der Waals surface area contributed by atoms with Gasteiger partial charge in [0.25, 0.3) is 0 Å². The Hall–Kier alpha value is -2.01. The van der Waals surface area contributed by atoms with E-state index in [0.717, 1.165) is 37.4 Å². The number of fused-ring (bicyclic) bond motifs is 4. The molecule has 1 unspecified atom stereocenters. The van der Waals surface area contributed by atoms with Crippen LogP contribution in [0.25, 0.3) is 0 Å². The first-order chi connectivity index (χ1) is 10.3. The van der Waals surface area contributed by atoms with Gasteiger partial charge in [-0.1, -0.05) is 0 Å². The molecule has 5 nitrogen and oxygen atoms in total. The maximum absolute atomic E-state index is 5.43. The average Bonchev–Trinajstić information content (AvgIpc) is 3.00. The summed E-state index contributed by atoms with van der Waals surface area (Å²) < 4.78 is 10.9. The molecule has 0 aliphatic carbocycles. The normalized spacial score (nSPS) is 20.4. The van der Waals surface area contributed by atoms with E-state index in [1.54, 1.807) is 14.2 Å². The smallest absolute Gasteiger partial charge is 0.161 e. The number of nitrogens with one attached hydrogen (secondary N) is 1. The predicted octanol–water partition coefficient (Wildman–Crippen LogP) is 2.08. The Morgan fingerprint density at radius 1 is 1.19 bits per heavy atom. The standard InChI is InChI=1S/C16H19N3O2/c1-20-14-6-10-5-13-16-12(17-9-18-16)3-4-19(13)8-11(10)7-15(14)21-2/h6-7,9,13H,3-5,8H2,1-2H3,(H,17,18). The third-order valence-electron chi connectivity index (χ3n) is 4.65. The molecule has 0 amide bonds. The summed E-state index contributed by atoms with van der Waals surface area (Å²) in [4.78, 5) is 10.3. The number of H-pyrrole nitrogens is 1. The van der Waals surface area contributed by atoms with E-state index in [1.807, 2.05) is 6.33 Å². The Labute approximate surface area is 123 Å². The molecule has 4 rings (SSSR count). The van der Waals surface area contributed by atoms with Crippen molar-refractivity contribution in [2.24, 2.45) is 0 Å². The van der Waals surface area contributed by atoms with Crippen molar-refractivity contribution in [2.75, 3.05) is 20.8 Å². The van der Waals surface area contributed by atoms with Crippen molar-refractivity contribution in [3.8, 4) is 11.5 Å². The van der Waals surface area contributed by atoms with E-state index < -0.39 is 0 Å². The minimum absolute atomic E-state index is 0.380. The Morgan fingerprint density at radius 2 is 1.95 bits per heavy atom. The lowest BCUT2D eigenvalue weighted by Gasteiger charge is -2.39. The highest BCUT2D eigenvalue weighted by Crippen LogP contribution is 2.40. The second-order valence-electron chi connectivity index (χ2n) is 5.68. The maximum atomic E-state index is 5.43. The van der Waals surface area contributed by atoms with Gasteiger partial charge in [-0.25, -0.2) is 4.98 Å². The molecule has 2 aromatic rings. The summed E-state index contributed by atoms with van der Waals surface area (Å²) in [6.45, 7) is 2.03. The molecule has 0 radical (unpaired) electrons. The molecule has 0 bridgehead atoms. The summed E-state index contributed by atoms with van der Waals surface area (Å²) in [7, 11) is 3.37. The average molecular weight is 285 g/mol. The summed E-state index contributed by atoms with van der Waals surface area (Å²) >= 11 is 0. The Balaban J connectivity index is 1.75. The molecule has 1 atom stereocenters. The van der Waals surface area contributed by atoms with Crippen molar-refractivity contribution in [2.45, 2.75) is 25.4 Å². The third kappa shape index (κ3) is 1.92. The Bertz CT molecular complexity index is 680. The fraction of sp³-hybridized carbons (Fsp3) is 0.438. The minimum atomic E-state index is 0.380. The Kier molecular flexibility index (Phi) is 2.89. The van der Waals surface area contributed by atoms with Crippen LogP contribution in [-0.4, -0.2) is 35.6 Å². The number of methoxy groups -OCH3 is 2. The summed E-state index contributed by atoms with van der Waals surface area (Å²) in [5.74, 6) is 1.62. The van der Waals surface area contributed by atoms with Crippen LogP contribution in [0.2, 0.25) is 0 Å². The van der Waals surface area contributed by atoms with Gasteiger partial charge in [0.2, 0.25) is 0 Å². The predicted molar refractivity (Wildman–Crippen MR) is 78.7 cm³/mol. The molecule has 0 fully saturated rings. The zero-order valence-electron chi connectivity index (χ0n) is 12.3. The van der Waals surface area contributed by atoms with Crippen molar-refractivity contribution in [1.82, 2.24) is 14.9 Å². The number of rotatable bonds is 2. The van der Waals surface area contributed by atoms with Crippen LogP contribution in [0, 0.1) is 0 Å². The van der Waals surface area contributed by atoms with Crippen molar-refractivity contribution < 1.29 is 9.47 Å². The highest BCUT2D eigenvalue weighted by Gasteiger charge is 2.34. The SMILES string of the molecule is COc1cc2c(cc1OC)CN1CCc3[nH]cnc3C1C2. The maximum Gasteiger partial charge on any atom is 0.161 e. The molecule has 5 heteroatoms. The number of nitrogens with zero attached hydrogens (tertiary/aromatic N) is 2. The van der Waals surface area contributed by atoms with Gasteiger partial charge in [0.05, 0.1) is 32.3 Å². The van der Waals surface area contributed by atoms with Gasteiger partial charge < -0.3 is 14.5 Å². The van der Waals surface area contributed by atoms with E-state index in [0.29, 0.717) is 6.04 Å². The van der Waals surface area contributed by atoms with Crippen LogP contribution < -0.4 is 9.47 Å². The first-order valence-electron chi connectivity index (χ1n) is 7.30. The number of aromatic amines is 1. The van der Waals surface area contributed by atoms with Crippen LogP contribution in [0.3, 0.4) is 0 Å². The lowest BCUT2D eigenvalue weighted by Crippen LogP contribution is -2.39. The molecule has 2 aliphatic rings. The fourth-order valence-electron chi connectivity index (χ4n) is 3.55. The number of imidazole rings is 1. The largest absolute Gasteiger partial charge is 0.493 e. The van der Waals surface area contributed by atoms with E-state index in [-0.39, 0.29) is 0 Å². The molecular formula is C16H19N3O2. The molecular weight excluding hydrogens is 266 g/mol. The van der Waals surface area contributed by atoms with E-state index >= 15 is 0 Å².